The summed E-state index contributed by atoms with van der Waals surface area (Å²) < 4.78 is 0. The molecule has 0 aromatic heterocycles. The minimum absolute atomic E-state index is 0. The Morgan fingerprint density at radius 2 is 1.20 bits per heavy atom. The zero-order chi connectivity index (χ0) is 11.4. The van der Waals surface area contributed by atoms with E-state index in [1.165, 1.54) is 12.5 Å². The van der Waals surface area contributed by atoms with Gasteiger partial charge < -0.3 is 5.73 Å². The summed E-state index contributed by atoms with van der Waals surface area (Å²) in [4.78, 5) is 0. The van der Waals surface area contributed by atoms with Crippen molar-refractivity contribution < 1.29 is 0 Å². The van der Waals surface area contributed by atoms with Gasteiger partial charge in [0.2, 0.25) is 0 Å². The topological polar surface area (TPSA) is 26.0 Å². The van der Waals surface area contributed by atoms with Gasteiger partial charge in [-0.1, -0.05) is 64.2 Å². The third kappa shape index (κ3) is 4.08. The molecule has 0 amide bonds. The number of halogens is 1. The van der Waals surface area contributed by atoms with Crippen LogP contribution in [0.15, 0.2) is 0 Å². The predicted molar refractivity (Wildman–Crippen MR) is 76.8 cm³/mol. The molecule has 0 spiro atoms. The molecule has 0 rings (SSSR count). The van der Waals surface area contributed by atoms with E-state index in [0.717, 1.165) is 23.2 Å². The fraction of sp³-hybridized carbons (Fsp3) is 1.00. The van der Waals surface area contributed by atoms with Crippen LogP contribution in [0.5, 0.6) is 0 Å². The van der Waals surface area contributed by atoms with Crippen LogP contribution in [0.1, 0.15) is 48.0 Å². The third-order valence-corrected chi connectivity index (χ3v) is 11.7. The molecule has 1 nitrogen and oxygen atoms in total. The normalized spacial score (nSPS) is 12.4. The highest BCUT2D eigenvalue weighted by molar-refractivity contribution is 6.83. The van der Waals surface area contributed by atoms with Crippen LogP contribution in [-0.4, -0.2) is 14.6 Å². The Bertz CT molecular complexity index is 136. The molecule has 15 heavy (non-hydrogen) atoms. The zero-order valence-electron chi connectivity index (χ0n) is 11.3. The molecule has 0 fully saturated rings. The van der Waals surface area contributed by atoms with Crippen LogP contribution in [0, 0.1) is 0 Å². The molecule has 0 aliphatic rings. The Kier molecular flexibility index (Phi) is 9.15. The van der Waals surface area contributed by atoms with E-state index in [9.17, 15) is 0 Å². The van der Waals surface area contributed by atoms with Crippen LogP contribution >= 0.6 is 12.4 Å². The van der Waals surface area contributed by atoms with E-state index >= 15 is 0 Å². The highest BCUT2D eigenvalue weighted by atomic mass is 35.5. The van der Waals surface area contributed by atoms with E-state index in [1.807, 2.05) is 0 Å². The summed E-state index contributed by atoms with van der Waals surface area (Å²) in [6.07, 6.45) is 1.22. The maximum atomic E-state index is 5.66. The number of hydrogen-bond donors (Lipinski definition) is 1. The maximum absolute atomic E-state index is 5.66. The van der Waals surface area contributed by atoms with Gasteiger partial charge in [0.05, 0.1) is 8.07 Å². The first-order valence-corrected chi connectivity index (χ1v) is 8.53. The van der Waals surface area contributed by atoms with E-state index in [2.05, 4.69) is 41.5 Å². The summed E-state index contributed by atoms with van der Waals surface area (Å²) in [5.74, 6) is 0. The number of hydrogen-bond acceptors (Lipinski definition) is 1. The average Bonchev–Trinajstić information content (AvgIpc) is 2.03. The van der Waals surface area contributed by atoms with Crippen molar-refractivity contribution >= 4 is 20.5 Å². The minimum atomic E-state index is -1.13. The van der Waals surface area contributed by atoms with Gasteiger partial charge in [0, 0.05) is 0 Å². The van der Waals surface area contributed by atoms with E-state index in [4.69, 9.17) is 5.73 Å². The first-order chi connectivity index (χ1) is 6.39. The minimum Gasteiger partial charge on any atom is -0.330 e. The van der Waals surface area contributed by atoms with Gasteiger partial charge in [-0.3, -0.25) is 0 Å². The molecule has 94 valence electrons. The molecule has 3 heteroatoms. The Morgan fingerprint density at radius 3 is 1.40 bits per heavy atom. The molecular formula is C12H30ClNSi. The van der Waals surface area contributed by atoms with Gasteiger partial charge in [-0.05, 0) is 13.0 Å². The molecule has 0 aliphatic heterocycles. The monoisotopic (exact) mass is 251 g/mol. The summed E-state index contributed by atoms with van der Waals surface area (Å²) in [6, 6.07) is 1.41. The molecule has 0 aromatic rings. The Labute approximate surface area is 104 Å². The summed E-state index contributed by atoms with van der Waals surface area (Å²) in [5.41, 5.74) is 8.31. The third-order valence-electron chi connectivity index (χ3n) is 4.04. The first-order valence-electron chi connectivity index (χ1n) is 6.09. The van der Waals surface area contributed by atoms with Crippen molar-refractivity contribution in [2.24, 2.45) is 5.73 Å². The van der Waals surface area contributed by atoms with Crippen LogP contribution in [-0.2, 0) is 0 Å². The van der Waals surface area contributed by atoms with Crippen molar-refractivity contribution in [3.05, 3.63) is 0 Å². The predicted octanol–water partition coefficient (Wildman–Crippen LogP) is 4.44. The second-order valence-electron chi connectivity index (χ2n) is 5.47. The number of nitrogens with two attached hydrogens (primary N) is 1. The Balaban J connectivity index is 0. The molecular weight excluding hydrogens is 222 g/mol. The van der Waals surface area contributed by atoms with E-state index < -0.39 is 8.07 Å². The SMILES string of the molecule is CC(C)[Si](CCCN)(C(C)C)C(C)C.Cl. The lowest BCUT2D eigenvalue weighted by Gasteiger charge is -2.43. The number of rotatable bonds is 6. The molecule has 0 unspecified atom stereocenters. The van der Waals surface area contributed by atoms with Crippen LogP contribution < -0.4 is 5.73 Å². The fourth-order valence-corrected chi connectivity index (χ4v) is 9.82. The van der Waals surface area contributed by atoms with E-state index in [-0.39, 0.29) is 12.4 Å². The summed E-state index contributed by atoms with van der Waals surface area (Å²) in [6.45, 7) is 15.4. The van der Waals surface area contributed by atoms with Crippen molar-refractivity contribution in [1.82, 2.24) is 0 Å². The molecule has 0 atom stereocenters. The molecule has 0 aliphatic carbocycles. The smallest absolute Gasteiger partial charge is 0.0613 e. The second-order valence-corrected chi connectivity index (χ2v) is 11.7. The van der Waals surface area contributed by atoms with Gasteiger partial charge in [0.15, 0.2) is 0 Å². The van der Waals surface area contributed by atoms with Crippen molar-refractivity contribution in [3.8, 4) is 0 Å². The molecule has 0 aromatic carbocycles. The van der Waals surface area contributed by atoms with Crippen LogP contribution in [0.2, 0.25) is 22.7 Å². The second kappa shape index (κ2) is 7.69. The molecule has 0 saturated carbocycles. The van der Waals surface area contributed by atoms with Gasteiger partial charge in [0.1, 0.15) is 0 Å². The lowest BCUT2D eigenvalue weighted by atomic mass is 10.5. The van der Waals surface area contributed by atoms with E-state index in [1.54, 1.807) is 0 Å². The van der Waals surface area contributed by atoms with E-state index in [0.29, 0.717) is 0 Å². The molecule has 2 N–H and O–H groups in total. The van der Waals surface area contributed by atoms with Crippen LogP contribution in [0.25, 0.3) is 0 Å². The molecule has 0 saturated heterocycles. The highest BCUT2D eigenvalue weighted by Crippen LogP contribution is 2.44. The van der Waals surface area contributed by atoms with Crippen LogP contribution in [0.4, 0.5) is 0 Å². The highest BCUT2D eigenvalue weighted by Gasteiger charge is 2.41. The van der Waals surface area contributed by atoms with Gasteiger partial charge in [-0.25, -0.2) is 0 Å². The zero-order valence-corrected chi connectivity index (χ0v) is 13.2. The summed E-state index contributed by atoms with van der Waals surface area (Å²) in [5, 5.41) is 0. The van der Waals surface area contributed by atoms with Gasteiger partial charge in [-0.15, -0.1) is 12.4 Å². The average molecular weight is 252 g/mol. The fourth-order valence-electron chi connectivity index (χ4n) is 3.27. The standard InChI is InChI=1S/C12H29NSi.ClH/c1-10(2)14(11(3)4,12(5)6)9-7-8-13;/h10-12H,7-9,13H2,1-6H3;1H. The van der Waals surface area contributed by atoms with Crippen molar-refractivity contribution in [2.75, 3.05) is 6.54 Å². The Hall–Kier alpha value is 0.467. The van der Waals surface area contributed by atoms with Gasteiger partial charge >= 0.3 is 0 Å². The first kappa shape index (κ1) is 17.8. The maximum Gasteiger partial charge on any atom is 0.0613 e. The quantitative estimate of drug-likeness (QED) is 0.695. The Morgan fingerprint density at radius 1 is 0.867 bits per heavy atom. The van der Waals surface area contributed by atoms with Gasteiger partial charge in [0.25, 0.3) is 0 Å². The molecule has 0 heterocycles. The molecule has 0 radical (unpaired) electrons. The van der Waals surface area contributed by atoms with Gasteiger partial charge in [-0.2, -0.15) is 0 Å². The van der Waals surface area contributed by atoms with Crippen molar-refractivity contribution in [3.63, 3.8) is 0 Å². The largest absolute Gasteiger partial charge is 0.330 e. The molecule has 0 bridgehead atoms. The summed E-state index contributed by atoms with van der Waals surface area (Å²) >= 11 is 0. The lowest BCUT2D eigenvalue weighted by molar-refractivity contribution is 0.768. The van der Waals surface area contributed by atoms with Crippen molar-refractivity contribution in [2.45, 2.75) is 70.6 Å². The lowest BCUT2D eigenvalue weighted by Crippen LogP contribution is -2.44. The summed E-state index contributed by atoms with van der Waals surface area (Å²) in [7, 11) is -1.13. The van der Waals surface area contributed by atoms with Crippen LogP contribution in [0.3, 0.4) is 0 Å². The van der Waals surface area contributed by atoms with Crippen molar-refractivity contribution in [1.29, 1.82) is 0 Å².